The molecule has 1 aliphatic rings. The molecular weight excluding hydrogens is 334 g/mol. The number of piperazine rings is 1. The Hall–Kier alpha value is -2.27. The van der Waals surface area contributed by atoms with Gasteiger partial charge < -0.3 is 9.80 Å². The number of quaternary nitrogens is 1. The molecule has 0 radical (unpaired) electrons. The topological polar surface area (TPSA) is 24.8 Å². The summed E-state index contributed by atoms with van der Waals surface area (Å²) in [7, 11) is 0. The van der Waals surface area contributed by atoms with Gasteiger partial charge in [-0.25, -0.2) is 8.78 Å². The van der Waals surface area contributed by atoms with E-state index in [0.29, 0.717) is 19.0 Å². The molecule has 2 aromatic rings. The van der Waals surface area contributed by atoms with Crippen LogP contribution >= 0.6 is 0 Å². The Morgan fingerprint density at radius 2 is 1.73 bits per heavy atom. The molecule has 0 unspecified atom stereocenters. The molecule has 2 aromatic carbocycles. The summed E-state index contributed by atoms with van der Waals surface area (Å²) in [6.07, 6.45) is 0. The molecule has 1 aliphatic heterocycles. The molecule has 1 amide bonds. The minimum atomic E-state index is -0.796. The van der Waals surface area contributed by atoms with Gasteiger partial charge in [0.05, 0.1) is 31.7 Å². The molecule has 3 nitrogen and oxygen atoms in total. The highest BCUT2D eigenvalue weighted by Crippen LogP contribution is 2.15. The van der Waals surface area contributed by atoms with Crippen LogP contribution in [0.3, 0.4) is 0 Å². The molecular formula is C21H25F2N2O+. The average molecular weight is 359 g/mol. The number of carbonyl (C=O) groups excluding carboxylic acids is 1. The molecule has 0 aromatic heterocycles. The Morgan fingerprint density at radius 1 is 1.08 bits per heavy atom. The number of nitrogens with one attached hydrogen (secondary N) is 1. The number of hydrogen-bond acceptors (Lipinski definition) is 1. The van der Waals surface area contributed by atoms with Gasteiger partial charge in [-0.2, -0.15) is 0 Å². The maximum atomic E-state index is 13.8. The summed E-state index contributed by atoms with van der Waals surface area (Å²) in [5, 5.41) is 0. The summed E-state index contributed by atoms with van der Waals surface area (Å²) < 4.78 is 26.8. The number of carbonyl (C=O) groups is 1. The van der Waals surface area contributed by atoms with Crippen molar-refractivity contribution in [1.82, 2.24) is 4.90 Å². The maximum Gasteiger partial charge on any atom is 0.257 e. The number of hydrogen-bond donors (Lipinski definition) is 1. The lowest BCUT2D eigenvalue weighted by atomic mass is 10.0. The molecule has 0 spiro atoms. The molecule has 1 fully saturated rings. The molecule has 26 heavy (non-hydrogen) atoms. The van der Waals surface area contributed by atoms with Gasteiger partial charge in [-0.15, -0.1) is 0 Å². The first-order valence-electron chi connectivity index (χ1n) is 9.11. The highest BCUT2D eigenvalue weighted by molar-refractivity contribution is 5.94. The van der Waals surface area contributed by atoms with E-state index in [1.165, 1.54) is 22.1 Å². The van der Waals surface area contributed by atoms with Gasteiger partial charge in [0.25, 0.3) is 5.91 Å². The van der Waals surface area contributed by atoms with Crippen LogP contribution in [-0.4, -0.2) is 37.0 Å². The smallest absolute Gasteiger partial charge is 0.257 e. The van der Waals surface area contributed by atoms with E-state index in [9.17, 15) is 13.6 Å². The van der Waals surface area contributed by atoms with Crippen LogP contribution in [0.4, 0.5) is 8.78 Å². The summed E-state index contributed by atoms with van der Waals surface area (Å²) in [6, 6.07) is 11.8. The van der Waals surface area contributed by atoms with E-state index in [-0.39, 0.29) is 11.5 Å². The molecule has 0 bridgehead atoms. The van der Waals surface area contributed by atoms with E-state index < -0.39 is 11.6 Å². The van der Waals surface area contributed by atoms with Crippen molar-refractivity contribution in [2.75, 3.05) is 26.2 Å². The summed E-state index contributed by atoms with van der Waals surface area (Å²) in [6.45, 7) is 8.08. The summed E-state index contributed by atoms with van der Waals surface area (Å²) >= 11 is 0. The minimum absolute atomic E-state index is 0.0564. The highest BCUT2D eigenvalue weighted by atomic mass is 19.1. The third-order valence-electron chi connectivity index (χ3n) is 5.02. The highest BCUT2D eigenvalue weighted by Gasteiger charge is 2.26. The Morgan fingerprint density at radius 3 is 2.31 bits per heavy atom. The number of amides is 1. The second kappa shape index (κ2) is 7.96. The van der Waals surface area contributed by atoms with E-state index >= 15 is 0 Å². The molecule has 0 saturated carbocycles. The molecule has 5 heteroatoms. The minimum Gasteiger partial charge on any atom is -0.328 e. The number of benzene rings is 2. The number of halogens is 2. The Balaban J connectivity index is 1.56. The third kappa shape index (κ3) is 4.28. The van der Waals surface area contributed by atoms with Gasteiger partial charge in [0.15, 0.2) is 0 Å². The van der Waals surface area contributed by atoms with E-state index in [1.54, 1.807) is 4.90 Å². The Kier molecular flexibility index (Phi) is 5.67. The van der Waals surface area contributed by atoms with Crippen molar-refractivity contribution in [2.24, 2.45) is 0 Å². The van der Waals surface area contributed by atoms with Crippen molar-refractivity contribution in [3.63, 3.8) is 0 Å². The van der Waals surface area contributed by atoms with Crippen LogP contribution in [0.25, 0.3) is 0 Å². The van der Waals surface area contributed by atoms with E-state index in [0.717, 1.165) is 31.8 Å². The fraction of sp³-hybridized carbons (Fsp3) is 0.381. The van der Waals surface area contributed by atoms with Crippen LogP contribution in [0, 0.1) is 11.6 Å². The lowest BCUT2D eigenvalue weighted by Crippen LogP contribution is -3.13. The van der Waals surface area contributed by atoms with Crippen LogP contribution in [-0.2, 0) is 6.54 Å². The standard InChI is InChI=1S/C21H24F2N2O/c1-15(2)17-5-3-16(4-6-17)14-24-9-11-25(12-10-24)21(26)19-8-7-18(22)13-20(19)23/h3-8,13,15H,9-12,14H2,1-2H3/p+1. The van der Waals surface area contributed by atoms with Gasteiger partial charge in [0.2, 0.25) is 0 Å². The van der Waals surface area contributed by atoms with E-state index in [1.807, 2.05) is 0 Å². The van der Waals surface area contributed by atoms with E-state index in [4.69, 9.17) is 0 Å². The van der Waals surface area contributed by atoms with Crippen LogP contribution in [0.2, 0.25) is 0 Å². The first-order chi connectivity index (χ1) is 12.4. The van der Waals surface area contributed by atoms with Crippen molar-refractivity contribution in [1.29, 1.82) is 0 Å². The van der Waals surface area contributed by atoms with Gasteiger partial charge in [-0.05, 0) is 23.6 Å². The normalized spacial score (nSPS) is 15.5. The van der Waals surface area contributed by atoms with Gasteiger partial charge >= 0.3 is 0 Å². The summed E-state index contributed by atoms with van der Waals surface area (Å²) in [5.41, 5.74) is 2.56. The monoisotopic (exact) mass is 359 g/mol. The van der Waals surface area contributed by atoms with Crippen molar-refractivity contribution >= 4 is 5.91 Å². The largest absolute Gasteiger partial charge is 0.328 e. The molecule has 3 rings (SSSR count). The first-order valence-corrected chi connectivity index (χ1v) is 9.11. The van der Waals surface area contributed by atoms with Crippen LogP contribution < -0.4 is 4.90 Å². The fourth-order valence-corrected chi connectivity index (χ4v) is 3.35. The molecule has 138 valence electrons. The average Bonchev–Trinajstić information content (AvgIpc) is 2.62. The second-order valence-corrected chi connectivity index (χ2v) is 7.24. The number of rotatable bonds is 4. The molecule has 1 saturated heterocycles. The molecule has 1 N–H and O–H groups in total. The maximum absolute atomic E-state index is 13.8. The third-order valence-corrected chi connectivity index (χ3v) is 5.02. The van der Waals surface area contributed by atoms with Gasteiger partial charge in [-0.1, -0.05) is 38.1 Å². The van der Waals surface area contributed by atoms with Gasteiger partial charge in [0, 0.05) is 11.6 Å². The van der Waals surface area contributed by atoms with Crippen molar-refractivity contribution in [2.45, 2.75) is 26.3 Å². The Labute approximate surface area is 153 Å². The Bertz CT molecular complexity index is 766. The van der Waals surface area contributed by atoms with Gasteiger partial charge in [-0.3, -0.25) is 4.79 Å². The van der Waals surface area contributed by atoms with Crippen molar-refractivity contribution in [3.8, 4) is 0 Å². The van der Waals surface area contributed by atoms with Crippen LogP contribution in [0.5, 0.6) is 0 Å². The molecule has 0 aliphatic carbocycles. The predicted molar refractivity (Wildman–Crippen MR) is 97.2 cm³/mol. The quantitative estimate of drug-likeness (QED) is 0.892. The van der Waals surface area contributed by atoms with Crippen LogP contribution in [0.1, 0.15) is 41.3 Å². The summed E-state index contributed by atoms with van der Waals surface area (Å²) in [4.78, 5) is 15.5. The SMILES string of the molecule is CC(C)c1ccc(C[NH+]2CCN(C(=O)c3ccc(F)cc3F)CC2)cc1. The number of nitrogens with zero attached hydrogens (tertiary/aromatic N) is 1. The zero-order valence-corrected chi connectivity index (χ0v) is 15.3. The molecule has 0 atom stereocenters. The van der Waals surface area contributed by atoms with Gasteiger partial charge in [0.1, 0.15) is 18.2 Å². The van der Waals surface area contributed by atoms with Crippen molar-refractivity contribution in [3.05, 3.63) is 70.8 Å². The van der Waals surface area contributed by atoms with E-state index in [2.05, 4.69) is 38.1 Å². The zero-order valence-electron chi connectivity index (χ0n) is 15.3. The first kappa shape index (κ1) is 18.5. The van der Waals surface area contributed by atoms with Crippen LogP contribution in [0.15, 0.2) is 42.5 Å². The molecule has 1 heterocycles. The lowest BCUT2D eigenvalue weighted by Gasteiger charge is -2.32. The predicted octanol–water partition coefficient (Wildman–Crippen LogP) is 2.63. The van der Waals surface area contributed by atoms with Crippen molar-refractivity contribution < 1.29 is 18.5 Å². The zero-order chi connectivity index (χ0) is 18.7. The summed E-state index contributed by atoms with van der Waals surface area (Å²) in [5.74, 6) is -1.30. The fourth-order valence-electron chi connectivity index (χ4n) is 3.35. The second-order valence-electron chi connectivity index (χ2n) is 7.24. The lowest BCUT2D eigenvalue weighted by molar-refractivity contribution is -0.917.